The normalized spacial score (nSPS) is 15.2. The summed E-state index contributed by atoms with van der Waals surface area (Å²) in [4.78, 5) is 13.3. The lowest BCUT2D eigenvalue weighted by atomic mass is 9.98. The van der Waals surface area contributed by atoms with E-state index < -0.39 is 0 Å². The van der Waals surface area contributed by atoms with Gasteiger partial charge in [-0.1, -0.05) is 29.0 Å². The number of aryl methyl sites for hydroxylation is 1. The Morgan fingerprint density at radius 2 is 1.97 bits per heavy atom. The van der Waals surface area contributed by atoms with Crippen LogP contribution in [0.2, 0.25) is 5.02 Å². The van der Waals surface area contributed by atoms with Crippen molar-refractivity contribution in [3.63, 3.8) is 0 Å². The van der Waals surface area contributed by atoms with E-state index in [0.29, 0.717) is 40.5 Å². The minimum atomic E-state index is -0.344. The summed E-state index contributed by atoms with van der Waals surface area (Å²) in [5.74, 6) is -0.543. The number of hydrogen-bond acceptors (Lipinski definition) is 6. The Morgan fingerprint density at radius 1 is 1.16 bits per heavy atom. The number of rotatable bonds is 7. The highest BCUT2D eigenvalue weighted by Gasteiger charge is 2.22. The Bertz CT molecular complexity index is 1180. The number of nitrogens with one attached hydrogen (secondary N) is 1. The van der Waals surface area contributed by atoms with Crippen LogP contribution in [-0.2, 0) is 0 Å². The average molecular weight is 453 g/mol. The summed E-state index contributed by atoms with van der Waals surface area (Å²) in [7, 11) is 0. The molecule has 4 rings (SSSR count). The van der Waals surface area contributed by atoms with Crippen molar-refractivity contribution in [3.05, 3.63) is 88.2 Å². The Labute approximate surface area is 190 Å². The molecule has 0 bridgehead atoms. The van der Waals surface area contributed by atoms with E-state index in [4.69, 9.17) is 16.7 Å². The number of ketones is 1. The van der Waals surface area contributed by atoms with E-state index >= 15 is 0 Å². The number of hydrogen-bond donors (Lipinski definition) is 2. The first-order valence-corrected chi connectivity index (χ1v) is 10.6. The van der Waals surface area contributed by atoms with Crippen LogP contribution in [0.25, 0.3) is 0 Å². The highest BCUT2D eigenvalue weighted by Crippen LogP contribution is 2.29. The summed E-state index contributed by atoms with van der Waals surface area (Å²) in [6.45, 7) is 2.47. The first-order valence-electron chi connectivity index (χ1n) is 10.2. The second kappa shape index (κ2) is 9.46. The minimum absolute atomic E-state index is 0.0533. The second-order valence-corrected chi connectivity index (χ2v) is 8.02. The number of aliphatic hydroxyl groups is 1. The molecule has 3 aromatic carbocycles. The number of anilines is 3. The zero-order valence-electron chi connectivity index (χ0n) is 17.4. The summed E-state index contributed by atoms with van der Waals surface area (Å²) in [5.41, 5.74) is 3.70. The highest BCUT2D eigenvalue weighted by molar-refractivity contribution is 6.35. The molecule has 0 aliphatic carbocycles. The third-order valence-electron chi connectivity index (χ3n) is 5.26. The van der Waals surface area contributed by atoms with Gasteiger partial charge in [0.25, 0.3) is 0 Å². The van der Waals surface area contributed by atoms with E-state index in [1.54, 1.807) is 41.4 Å². The lowest BCUT2D eigenvalue weighted by molar-refractivity contribution is 0.103. The molecule has 8 heteroatoms. The van der Waals surface area contributed by atoms with E-state index in [9.17, 15) is 9.18 Å². The lowest BCUT2D eigenvalue weighted by Gasteiger charge is -2.16. The number of carbonyl (C=O) groups excluding carboxylic acids is 1. The van der Waals surface area contributed by atoms with E-state index in [2.05, 4.69) is 15.7 Å². The third-order valence-corrected chi connectivity index (χ3v) is 5.57. The minimum Gasteiger partial charge on any atom is -0.396 e. The molecule has 0 saturated heterocycles. The van der Waals surface area contributed by atoms with Crippen LogP contribution in [0.15, 0.2) is 71.0 Å². The van der Waals surface area contributed by atoms with E-state index in [1.807, 2.05) is 19.1 Å². The summed E-state index contributed by atoms with van der Waals surface area (Å²) in [6.07, 6.45) is 0.545. The van der Waals surface area contributed by atoms with Crippen molar-refractivity contribution in [2.45, 2.75) is 19.4 Å². The van der Waals surface area contributed by atoms with Gasteiger partial charge in [0.1, 0.15) is 5.82 Å². The van der Waals surface area contributed by atoms with Crippen LogP contribution in [0.5, 0.6) is 0 Å². The van der Waals surface area contributed by atoms with E-state index in [1.165, 1.54) is 12.1 Å². The maximum absolute atomic E-state index is 13.4. The zero-order valence-corrected chi connectivity index (χ0v) is 18.2. The predicted molar refractivity (Wildman–Crippen MR) is 123 cm³/mol. The molecule has 0 radical (unpaired) electrons. The summed E-state index contributed by atoms with van der Waals surface area (Å²) in [5, 5.41) is 22.5. The summed E-state index contributed by atoms with van der Waals surface area (Å²) in [6, 6.07) is 16.6. The number of aliphatic hydroxyl groups excluding tert-OH is 1. The fraction of sp³-hybridized carbons (Fsp3) is 0.208. The van der Waals surface area contributed by atoms with Gasteiger partial charge in [-0.15, -0.1) is 0 Å². The Hall–Kier alpha value is -3.29. The van der Waals surface area contributed by atoms with Crippen LogP contribution in [0, 0.1) is 12.7 Å². The zero-order chi connectivity index (χ0) is 22.7. The van der Waals surface area contributed by atoms with Crippen LogP contribution < -0.4 is 10.3 Å². The van der Waals surface area contributed by atoms with Gasteiger partial charge in [-0.2, -0.15) is 5.11 Å². The first-order chi connectivity index (χ1) is 15.4. The van der Waals surface area contributed by atoms with Gasteiger partial charge >= 0.3 is 0 Å². The molecule has 0 saturated carbocycles. The van der Waals surface area contributed by atoms with Crippen molar-refractivity contribution < 1.29 is 14.3 Å². The molecule has 3 aromatic rings. The largest absolute Gasteiger partial charge is 0.396 e. The van der Waals surface area contributed by atoms with Gasteiger partial charge in [0.15, 0.2) is 5.78 Å². The second-order valence-electron chi connectivity index (χ2n) is 7.61. The van der Waals surface area contributed by atoms with Crippen LogP contribution in [0.1, 0.15) is 27.9 Å². The van der Waals surface area contributed by atoms with Crippen molar-refractivity contribution in [1.82, 2.24) is 0 Å². The molecule has 164 valence electrons. The number of nitrogens with zero attached hydrogens (tertiary/aromatic N) is 3. The maximum atomic E-state index is 13.4. The van der Waals surface area contributed by atoms with Gasteiger partial charge in [-0.05, 0) is 67.4 Å². The van der Waals surface area contributed by atoms with Crippen molar-refractivity contribution in [3.8, 4) is 0 Å². The molecule has 2 N–H and O–H groups in total. The smallest absolute Gasteiger partial charge is 0.194 e. The van der Waals surface area contributed by atoms with Crippen LogP contribution in [0.3, 0.4) is 0 Å². The summed E-state index contributed by atoms with van der Waals surface area (Å²) < 4.78 is 13.4. The monoisotopic (exact) mass is 452 g/mol. The van der Waals surface area contributed by atoms with Crippen molar-refractivity contribution in [2.75, 3.05) is 23.5 Å². The van der Waals surface area contributed by atoms with Gasteiger partial charge in [0.05, 0.1) is 23.3 Å². The van der Waals surface area contributed by atoms with Crippen molar-refractivity contribution >= 4 is 34.4 Å². The Balaban J connectivity index is 1.56. The molecule has 0 amide bonds. The first kappa shape index (κ1) is 21.9. The fourth-order valence-corrected chi connectivity index (χ4v) is 3.80. The standard InChI is InChI=1S/C24H22ClFN4O2/c1-15-5-7-20(30-14-19(9-10-31)28-29-30)13-22(15)24(32)21-8-6-18(12-23(21)25)27-17-4-2-3-16(26)11-17/h2-8,11-13,19,27,31H,9-10,14H2,1H3. The molecule has 1 aliphatic heterocycles. The lowest BCUT2D eigenvalue weighted by Crippen LogP contribution is -2.21. The molecular weight excluding hydrogens is 431 g/mol. The summed E-state index contributed by atoms with van der Waals surface area (Å²) >= 11 is 6.44. The molecule has 1 unspecified atom stereocenters. The highest BCUT2D eigenvalue weighted by atomic mass is 35.5. The topological polar surface area (TPSA) is 77.3 Å². The van der Waals surface area contributed by atoms with E-state index in [-0.39, 0.29) is 24.2 Å². The predicted octanol–water partition coefficient (Wildman–Crippen LogP) is 5.70. The van der Waals surface area contributed by atoms with Gasteiger partial charge in [0, 0.05) is 29.1 Å². The Morgan fingerprint density at radius 3 is 2.72 bits per heavy atom. The molecule has 1 aliphatic rings. The van der Waals surface area contributed by atoms with Gasteiger partial charge in [0.2, 0.25) is 0 Å². The van der Waals surface area contributed by atoms with E-state index in [0.717, 1.165) is 11.3 Å². The number of carbonyl (C=O) groups is 1. The van der Waals surface area contributed by atoms with Gasteiger partial charge in [-0.3, -0.25) is 4.79 Å². The molecular formula is C24H22ClFN4O2. The SMILES string of the molecule is Cc1ccc(N2CC(CCO)N=N2)cc1C(=O)c1ccc(Nc2cccc(F)c2)cc1Cl. The molecule has 6 nitrogen and oxygen atoms in total. The third kappa shape index (κ3) is 4.79. The van der Waals surface area contributed by atoms with Crippen LogP contribution in [-0.4, -0.2) is 30.1 Å². The fourth-order valence-electron chi connectivity index (χ4n) is 3.53. The average Bonchev–Trinajstić information content (AvgIpc) is 3.23. The van der Waals surface area contributed by atoms with Crippen molar-refractivity contribution in [2.24, 2.45) is 10.3 Å². The maximum Gasteiger partial charge on any atom is 0.194 e. The molecule has 0 aromatic heterocycles. The molecule has 32 heavy (non-hydrogen) atoms. The van der Waals surface area contributed by atoms with Gasteiger partial charge < -0.3 is 10.4 Å². The van der Waals surface area contributed by atoms with Gasteiger partial charge in [-0.25, -0.2) is 9.40 Å². The molecule has 1 atom stereocenters. The molecule has 1 heterocycles. The number of benzene rings is 3. The molecule has 0 fully saturated rings. The number of halogens is 2. The molecule has 0 spiro atoms. The van der Waals surface area contributed by atoms with Crippen molar-refractivity contribution in [1.29, 1.82) is 0 Å². The van der Waals surface area contributed by atoms with Crippen LogP contribution in [0.4, 0.5) is 21.5 Å². The quantitative estimate of drug-likeness (QED) is 0.451. The Kier molecular flexibility index (Phi) is 6.48. The van der Waals surface area contributed by atoms with Crippen LogP contribution >= 0.6 is 11.6 Å².